The van der Waals surface area contributed by atoms with E-state index in [1.165, 1.54) is 18.4 Å². The Hall–Kier alpha value is -2.08. The van der Waals surface area contributed by atoms with Gasteiger partial charge in [0, 0.05) is 6.61 Å². The predicted molar refractivity (Wildman–Crippen MR) is 119 cm³/mol. The highest BCUT2D eigenvalue weighted by Gasteiger charge is 2.36. The predicted octanol–water partition coefficient (Wildman–Crippen LogP) is 4.65. The molecule has 3 rings (SSSR count). The van der Waals surface area contributed by atoms with Gasteiger partial charge in [-0.3, -0.25) is 0 Å². The minimum Gasteiger partial charge on any atom is -0.458 e. The highest BCUT2D eigenvalue weighted by atomic mass is 16.6. The molecule has 0 bridgehead atoms. The number of nitrogens with one attached hydrogen (secondary N) is 1. The van der Waals surface area contributed by atoms with Gasteiger partial charge in [0.15, 0.2) is 0 Å². The van der Waals surface area contributed by atoms with Crippen LogP contribution >= 0.6 is 0 Å². The molecule has 1 aliphatic heterocycles. The number of carbonyl (C=O) groups is 2. The van der Waals surface area contributed by atoms with E-state index in [1.54, 1.807) is 20.8 Å². The summed E-state index contributed by atoms with van der Waals surface area (Å²) in [6, 6.07) is 9.67. The van der Waals surface area contributed by atoms with Crippen LogP contribution in [0.2, 0.25) is 0 Å². The summed E-state index contributed by atoms with van der Waals surface area (Å²) >= 11 is 0. The molecule has 2 aliphatic rings. The quantitative estimate of drug-likeness (QED) is 0.664. The van der Waals surface area contributed by atoms with Gasteiger partial charge in [0.2, 0.25) is 0 Å². The highest BCUT2D eigenvalue weighted by Crippen LogP contribution is 2.32. The van der Waals surface area contributed by atoms with Crippen LogP contribution in [0.25, 0.3) is 0 Å². The first-order valence-electron chi connectivity index (χ1n) is 11.6. The zero-order valence-corrected chi connectivity index (χ0v) is 19.3. The first-order valence-corrected chi connectivity index (χ1v) is 11.6. The third-order valence-corrected chi connectivity index (χ3v) is 5.83. The van der Waals surface area contributed by atoms with Crippen LogP contribution in [0.4, 0.5) is 4.79 Å². The highest BCUT2D eigenvalue weighted by molar-refractivity contribution is 5.81. The van der Waals surface area contributed by atoms with Crippen molar-refractivity contribution in [3.63, 3.8) is 0 Å². The Morgan fingerprint density at radius 3 is 2.48 bits per heavy atom. The summed E-state index contributed by atoms with van der Waals surface area (Å²) in [5, 5.41) is 2.70. The first kappa shape index (κ1) is 23.6. The fourth-order valence-electron chi connectivity index (χ4n) is 4.10. The molecule has 6 heteroatoms. The number of esters is 1. The first-order chi connectivity index (χ1) is 14.7. The molecule has 1 heterocycles. The lowest BCUT2D eigenvalue weighted by Crippen LogP contribution is -2.46. The molecule has 2 fully saturated rings. The lowest BCUT2D eigenvalue weighted by molar-refractivity contribution is -0.161. The topological polar surface area (TPSA) is 73.9 Å². The third kappa shape index (κ3) is 7.84. The van der Waals surface area contributed by atoms with E-state index in [1.807, 2.05) is 13.0 Å². The van der Waals surface area contributed by atoms with Crippen LogP contribution in [-0.2, 0) is 25.4 Å². The van der Waals surface area contributed by atoms with Crippen LogP contribution in [0.1, 0.15) is 65.4 Å². The summed E-state index contributed by atoms with van der Waals surface area (Å²) in [5.74, 6) is 0.456. The van der Waals surface area contributed by atoms with Gasteiger partial charge in [0.1, 0.15) is 17.7 Å². The number of hydrogen-bond donors (Lipinski definition) is 1. The smallest absolute Gasteiger partial charge is 0.408 e. The minimum absolute atomic E-state index is 0.162. The monoisotopic (exact) mass is 431 g/mol. The summed E-state index contributed by atoms with van der Waals surface area (Å²) in [6.45, 7) is 8.02. The molecule has 0 aromatic heterocycles. The van der Waals surface area contributed by atoms with Gasteiger partial charge in [-0.25, -0.2) is 9.59 Å². The molecular formula is C25H37NO5. The van der Waals surface area contributed by atoms with Crippen LogP contribution in [0.15, 0.2) is 30.3 Å². The normalized spacial score (nSPS) is 27.4. The number of ether oxygens (including phenoxy) is 3. The van der Waals surface area contributed by atoms with Crippen molar-refractivity contribution in [3.05, 3.63) is 35.9 Å². The van der Waals surface area contributed by atoms with Gasteiger partial charge >= 0.3 is 12.1 Å². The van der Waals surface area contributed by atoms with Gasteiger partial charge < -0.3 is 19.5 Å². The fourth-order valence-corrected chi connectivity index (χ4v) is 4.10. The zero-order valence-electron chi connectivity index (χ0n) is 19.3. The van der Waals surface area contributed by atoms with Crippen LogP contribution < -0.4 is 5.32 Å². The third-order valence-electron chi connectivity index (χ3n) is 5.83. The summed E-state index contributed by atoms with van der Waals surface area (Å²) < 4.78 is 17.5. The molecule has 0 radical (unpaired) electrons. The van der Waals surface area contributed by atoms with Gasteiger partial charge in [0.05, 0.1) is 6.10 Å². The minimum atomic E-state index is -0.711. The fraction of sp³-hybridized carbons (Fsp3) is 0.680. The molecule has 1 N–H and O–H groups in total. The molecule has 1 aromatic carbocycles. The molecule has 172 valence electrons. The molecule has 0 unspecified atom stereocenters. The number of amides is 1. The molecule has 1 aromatic rings. The second kappa shape index (κ2) is 10.5. The van der Waals surface area contributed by atoms with Crippen LogP contribution in [0, 0.1) is 11.8 Å². The van der Waals surface area contributed by atoms with Crippen molar-refractivity contribution in [1.82, 2.24) is 5.32 Å². The Morgan fingerprint density at radius 2 is 1.84 bits per heavy atom. The maximum atomic E-state index is 12.8. The molecule has 31 heavy (non-hydrogen) atoms. The summed E-state index contributed by atoms with van der Waals surface area (Å²) in [5.41, 5.74) is 0.635. The Kier molecular flexibility index (Phi) is 7.98. The van der Waals surface area contributed by atoms with Crippen LogP contribution in [0.5, 0.6) is 0 Å². The molecule has 6 nitrogen and oxygen atoms in total. The summed E-state index contributed by atoms with van der Waals surface area (Å²) in [7, 11) is 0. The average molecular weight is 432 g/mol. The standard InChI is InChI=1S/C25H37NO5/c1-17-22(29-16-19-13-14-19)20(15-18-9-6-5-7-10-18)11-8-12-21(23(27)30-17)26-24(28)31-25(2,3)4/h5-7,9-10,17,19-22H,8,11-16H2,1-4H3,(H,26,28)/t17-,20+,21-,22-/m0/s1. The summed E-state index contributed by atoms with van der Waals surface area (Å²) in [6.07, 6.45) is 4.38. The molecular weight excluding hydrogens is 394 g/mol. The van der Waals surface area contributed by atoms with Gasteiger partial charge in [-0.1, -0.05) is 36.8 Å². The summed E-state index contributed by atoms with van der Waals surface area (Å²) in [4.78, 5) is 25.1. The Labute approximate surface area is 186 Å². The average Bonchev–Trinajstić information content (AvgIpc) is 3.50. The second-order valence-corrected chi connectivity index (χ2v) is 9.96. The largest absolute Gasteiger partial charge is 0.458 e. The molecule has 1 saturated heterocycles. The van der Waals surface area contributed by atoms with Crippen LogP contribution in [-0.4, -0.2) is 42.5 Å². The van der Waals surface area contributed by atoms with E-state index in [4.69, 9.17) is 14.2 Å². The Balaban J connectivity index is 1.70. The van der Waals surface area contributed by atoms with E-state index >= 15 is 0 Å². The van der Waals surface area contributed by atoms with E-state index in [-0.39, 0.29) is 18.1 Å². The Morgan fingerprint density at radius 1 is 1.13 bits per heavy atom. The van der Waals surface area contributed by atoms with E-state index < -0.39 is 23.7 Å². The maximum absolute atomic E-state index is 12.8. The van der Waals surface area contributed by atoms with E-state index in [2.05, 4.69) is 29.6 Å². The number of benzene rings is 1. The van der Waals surface area contributed by atoms with Crippen molar-refractivity contribution in [1.29, 1.82) is 0 Å². The van der Waals surface area contributed by atoms with Gasteiger partial charge in [-0.15, -0.1) is 0 Å². The number of rotatable bonds is 6. The molecule has 1 saturated carbocycles. The zero-order chi connectivity index (χ0) is 22.4. The maximum Gasteiger partial charge on any atom is 0.408 e. The van der Waals surface area contributed by atoms with Crippen molar-refractivity contribution in [2.75, 3.05) is 6.61 Å². The van der Waals surface area contributed by atoms with E-state index in [9.17, 15) is 9.59 Å². The molecule has 1 amide bonds. The number of carbonyl (C=O) groups excluding carboxylic acids is 2. The lowest BCUT2D eigenvalue weighted by atomic mass is 9.87. The van der Waals surface area contributed by atoms with Crippen molar-refractivity contribution in [2.24, 2.45) is 11.8 Å². The van der Waals surface area contributed by atoms with Crippen LogP contribution in [0.3, 0.4) is 0 Å². The number of cyclic esters (lactones) is 1. The number of alkyl carbamates (subject to hydrolysis) is 1. The van der Waals surface area contributed by atoms with Gasteiger partial charge in [0.25, 0.3) is 0 Å². The van der Waals surface area contributed by atoms with Gasteiger partial charge in [-0.05, 0) is 77.2 Å². The van der Waals surface area contributed by atoms with Gasteiger partial charge in [-0.2, -0.15) is 0 Å². The molecule has 1 aliphatic carbocycles. The van der Waals surface area contributed by atoms with E-state index in [0.717, 1.165) is 25.9 Å². The van der Waals surface area contributed by atoms with Crippen molar-refractivity contribution in [2.45, 2.75) is 90.1 Å². The van der Waals surface area contributed by atoms with E-state index in [0.29, 0.717) is 12.3 Å². The number of hydrogen-bond acceptors (Lipinski definition) is 5. The second-order valence-electron chi connectivity index (χ2n) is 9.96. The van der Waals surface area contributed by atoms with Crippen molar-refractivity contribution >= 4 is 12.1 Å². The van der Waals surface area contributed by atoms with Crippen molar-refractivity contribution < 1.29 is 23.8 Å². The SMILES string of the molecule is C[C@@H]1OC(=O)[C@@H](NC(=O)OC(C)(C)C)CCC[C@H](Cc2ccccc2)[C@H]1OCC1CC1. The lowest BCUT2D eigenvalue weighted by Gasteiger charge is -2.31. The Bertz CT molecular complexity index is 725. The molecule has 0 spiro atoms. The van der Waals surface area contributed by atoms with Crippen molar-refractivity contribution in [3.8, 4) is 0 Å². The molecule has 4 atom stereocenters.